The minimum Gasteiger partial charge on any atom is -0.350 e. The number of benzene rings is 4. The van der Waals surface area contributed by atoms with E-state index in [-0.39, 0.29) is 0 Å². The maximum Gasteiger partial charge on any atom is 0.0590 e. The third kappa shape index (κ3) is 2.06. The van der Waals surface area contributed by atoms with Gasteiger partial charge in [0.1, 0.15) is 0 Å². The molecule has 0 radical (unpaired) electrons. The quantitative estimate of drug-likeness (QED) is 0.272. The SMILES string of the molecule is Cn1cc(-c2c3c(cc4c5ccccc5n(C)c24)c2ccccc2n3C)c2ccccc21. The predicted octanol–water partition coefficient (Wildman–Crippen LogP) is 7.14. The van der Waals surface area contributed by atoms with Gasteiger partial charge in [-0.1, -0.05) is 54.6 Å². The number of para-hydroxylation sites is 3. The highest BCUT2D eigenvalue weighted by Gasteiger charge is 2.23. The summed E-state index contributed by atoms with van der Waals surface area (Å²) in [5.41, 5.74) is 8.97. The lowest BCUT2D eigenvalue weighted by molar-refractivity contribution is 0.969. The van der Waals surface area contributed by atoms with Crippen molar-refractivity contribution in [3.05, 3.63) is 85.1 Å². The fourth-order valence-electron chi connectivity index (χ4n) is 5.79. The second-order valence-corrected chi connectivity index (χ2v) is 8.87. The van der Waals surface area contributed by atoms with Gasteiger partial charge in [-0.05, 0) is 24.3 Å². The molecule has 154 valence electrons. The van der Waals surface area contributed by atoms with E-state index in [2.05, 4.69) is 120 Å². The van der Waals surface area contributed by atoms with Crippen molar-refractivity contribution in [1.82, 2.24) is 13.7 Å². The van der Waals surface area contributed by atoms with Crippen molar-refractivity contribution in [1.29, 1.82) is 0 Å². The van der Waals surface area contributed by atoms with Crippen molar-refractivity contribution in [3.8, 4) is 11.1 Å². The number of hydrogen-bond donors (Lipinski definition) is 0. The van der Waals surface area contributed by atoms with Gasteiger partial charge in [0.05, 0.1) is 11.0 Å². The summed E-state index contributed by atoms with van der Waals surface area (Å²) in [6.07, 6.45) is 2.30. The molecule has 7 rings (SSSR count). The highest BCUT2D eigenvalue weighted by Crippen LogP contribution is 2.45. The number of aryl methyl sites for hydroxylation is 3. The molecule has 0 bridgehead atoms. The van der Waals surface area contributed by atoms with Crippen LogP contribution in [0.4, 0.5) is 0 Å². The molecule has 0 amide bonds. The van der Waals surface area contributed by atoms with Gasteiger partial charge >= 0.3 is 0 Å². The van der Waals surface area contributed by atoms with Crippen LogP contribution in [-0.2, 0) is 21.1 Å². The summed E-state index contributed by atoms with van der Waals surface area (Å²) in [6, 6.07) is 28.6. The van der Waals surface area contributed by atoms with E-state index >= 15 is 0 Å². The minimum absolute atomic E-state index is 1.25. The molecule has 3 heterocycles. The molecule has 3 heteroatoms. The lowest BCUT2D eigenvalue weighted by atomic mass is 9.97. The molecule has 7 aromatic rings. The average Bonchev–Trinajstić information content (AvgIpc) is 3.42. The summed E-state index contributed by atoms with van der Waals surface area (Å²) >= 11 is 0. The Kier molecular flexibility index (Phi) is 3.34. The molecule has 0 saturated heterocycles. The Morgan fingerprint density at radius 2 is 0.969 bits per heavy atom. The van der Waals surface area contributed by atoms with Gasteiger partial charge < -0.3 is 13.7 Å². The Morgan fingerprint density at radius 1 is 0.500 bits per heavy atom. The zero-order chi connectivity index (χ0) is 21.6. The van der Waals surface area contributed by atoms with Crippen LogP contribution in [0.5, 0.6) is 0 Å². The van der Waals surface area contributed by atoms with Crippen molar-refractivity contribution >= 4 is 54.5 Å². The predicted molar refractivity (Wildman–Crippen MR) is 136 cm³/mol. The second-order valence-electron chi connectivity index (χ2n) is 8.87. The molecule has 4 aromatic carbocycles. The Morgan fingerprint density at radius 3 is 1.53 bits per heavy atom. The molecule has 0 aliphatic heterocycles. The van der Waals surface area contributed by atoms with Gasteiger partial charge in [-0.3, -0.25) is 0 Å². The maximum atomic E-state index is 2.41. The minimum atomic E-state index is 1.25. The standard InChI is InChI=1S/C29H23N3/c1-30-17-23(20-12-4-7-13-24(20)30)27-28-21(18-10-5-8-14-25(18)31(28)2)16-22-19-11-6-9-15-26(19)32(3)29(22)27/h4-17H,1-3H3. The van der Waals surface area contributed by atoms with Crippen LogP contribution in [0.15, 0.2) is 85.1 Å². The van der Waals surface area contributed by atoms with Crippen LogP contribution in [-0.4, -0.2) is 13.7 Å². The molecular formula is C29H23N3. The molecule has 32 heavy (non-hydrogen) atoms. The van der Waals surface area contributed by atoms with E-state index in [0.717, 1.165) is 0 Å². The number of hydrogen-bond acceptors (Lipinski definition) is 0. The summed E-state index contributed by atoms with van der Waals surface area (Å²) < 4.78 is 7.00. The van der Waals surface area contributed by atoms with E-state index in [1.807, 2.05) is 0 Å². The first-order chi connectivity index (χ1) is 15.6. The highest BCUT2D eigenvalue weighted by molar-refractivity contribution is 6.26. The normalized spacial score (nSPS) is 12.2. The van der Waals surface area contributed by atoms with Gasteiger partial charge in [-0.25, -0.2) is 0 Å². The maximum absolute atomic E-state index is 2.41. The van der Waals surface area contributed by atoms with Gasteiger partial charge in [0.2, 0.25) is 0 Å². The van der Waals surface area contributed by atoms with Crippen LogP contribution in [0.2, 0.25) is 0 Å². The number of aromatic nitrogens is 3. The Bertz CT molecular complexity index is 1760. The van der Waals surface area contributed by atoms with Crippen molar-refractivity contribution in [2.75, 3.05) is 0 Å². The first-order valence-electron chi connectivity index (χ1n) is 11.1. The third-order valence-electron chi connectivity index (χ3n) is 7.22. The molecule has 3 nitrogen and oxygen atoms in total. The molecule has 0 N–H and O–H groups in total. The number of nitrogens with zero attached hydrogens (tertiary/aromatic N) is 3. The van der Waals surface area contributed by atoms with Crippen molar-refractivity contribution in [2.24, 2.45) is 21.1 Å². The van der Waals surface area contributed by atoms with Gasteiger partial charge in [0.15, 0.2) is 0 Å². The topological polar surface area (TPSA) is 14.8 Å². The smallest absolute Gasteiger partial charge is 0.0590 e. The Balaban J connectivity index is 1.83. The van der Waals surface area contributed by atoms with E-state index in [9.17, 15) is 0 Å². The van der Waals surface area contributed by atoms with Crippen LogP contribution >= 0.6 is 0 Å². The summed E-state index contributed by atoms with van der Waals surface area (Å²) in [4.78, 5) is 0. The fourth-order valence-corrected chi connectivity index (χ4v) is 5.79. The zero-order valence-corrected chi connectivity index (χ0v) is 18.4. The van der Waals surface area contributed by atoms with Gasteiger partial charge in [0.25, 0.3) is 0 Å². The lowest BCUT2D eigenvalue weighted by Gasteiger charge is -2.11. The van der Waals surface area contributed by atoms with Crippen molar-refractivity contribution < 1.29 is 0 Å². The summed E-state index contributed by atoms with van der Waals surface area (Å²) in [5.74, 6) is 0. The molecule has 0 unspecified atom stereocenters. The van der Waals surface area contributed by atoms with Crippen LogP contribution in [0.25, 0.3) is 65.6 Å². The third-order valence-corrected chi connectivity index (χ3v) is 7.22. The molecule has 0 aliphatic carbocycles. The van der Waals surface area contributed by atoms with Gasteiger partial charge in [-0.2, -0.15) is 0 Å². The summed E-state index contributed by atoms with van der Waals surface area (Å²) in [6.45, 7) is 0. The zero-order valence-electron chi connectivity index (χ0n) is 18.4. The first kappa shape index (κ1) is 17.7. The van der Waals surface area contributed by atoms with Crippen LogP contribution < -0.4 is 0 Å². The van der Waals surface area contributed by atoms with Gasteiger partial charge in [0, 0.05) is 81.9 Å². The van der Waals surface area contributed by atoms with Crippen molar-refractivity contribution in [3.63, 3.8) is 0 Å². The Labute approximate surface area is 185 Å². The molecule has 3 aromatic heterocycles. The van der Waals surface area contributed by atoms with Crippen molar-refractivity contribution in [2.45, 2.75) is 0 Å². The molecule has 0 saturated carbocycles. The molecule has 0 atom stereocenters. The van der Waals surface area contributed by atoms with E-state index in [0.29, 0.717) is 0 Å². The summed E-state index contributed by atoms with van der Waals surface area (Å²) in [5, 5.41) is 6.53. The van der Waals surface area contributed by atoms with Gasteiger partial charge in [-0.15, -0.1) is 0 Å². The number of rotatable bonds is 1. The first-order valence-corrected chi connectivity index (χ1v) is 11.1. The molecule has 0 aliphatic rings. The van der Waals surface area contributed by atoms with Crippen LogP contribution in [0.1, 0.15) is 0 Å². The molecule has 0 fully saturated rings. The largest absolute Gasteiger partial charge is 0.350 e. The monoisotopic (exact) mass is 413 g/mol. The van der Waals surface area contributed by atoms with E-state index in [1.165, 1.54) is 65.6 Å². The highest BCUT2D eigenvalue weighted by atomic mass is 15.0. The number of fused-ring (bicyclic) bond motifs is 7. The fraction of sp³-hybridized carbons (Fsp3) is 0.103. The Hall–Kier alpha value is -3.98. The lowest BCUT2D eigenvalue weighted by Crippen LogP contribution is -1.94. The average molecular weight is 414 g/mol. The van der Waals surface area contributed by atoms with E-state index in [4.69, 9.17) is 0 Å². The summed E-state index contributed by atoms with van der Waals surface area (Å²) in [7, 11) is 6.55. The van der Waals surface area contributed by atoms with E-state index < -0.39 is 0 Å². The second kappa shape index (κ2) is 6.04. The van der Waals surface area contributed by atoms with E-state index in [1.54, 1.807) is 0 Å². The molecular weight excluding hydrogens is 390 g/mol. The van der Waals surface area contributed by atoms with Crippen LogP contribution in [0, 0.1) is 0 Å². The van der Waals surface area contributed by atoms with Crippen LogP contribution in [0.3, 0.4) is 0 Å². The molecule has 0 spiro atoms.